The largest absolute Gasteiger partial charge is 0.379 e. The first-order valence-electron chi connectivity index (χ1n) is 10.6. The fraction of sp³-hybridized carbons (Fsp3) is 0.950. The van der Waals surface area contributed by atoms with Crippen LogP contribution in [0.4, 0.5) is 0 Å². The SMILES string of the molecule is CCCCOCCOCCNC(=O)COCCOCCOCCOCCOCC. The monoisotopic (exact) mass is 423 g/mol. The summed E-state index contributed by atoms with van der Waals surface area (Å²) in [5.41, 5.74) is 0. The van der Waals surface area contributed by atoms with E-state index in [4.69, 9.17) is 33.2 Å². The molecule has 0 aromatic heterocycles. The molecule has 0 unspecified atom stereocenters. The van der Waals surface area contributed by atoms with Crippen molar-refractivity contribution in [3.63, 3.8) is 0 Å². The first-order chi connectivity index (χ1) is 14.3. The Labute approximate surface area is 175 Å². The number of hydrogen-bond donors (Lipinski definition) is 1. The summed E-state index contributed by atoms with van der Waals surface area (Å²) in [5, 5.41) is 2.73. The molecule has 0 rings (SSSR count). The van der Waals surface area contributed by atoms with Gasteiger partial charge in [-0.3, -0.25) is 4.79 Å². The Morgan fingerprint density at radius 1 is 0.586 bits per heavy atom. The molecule has 1 amide bonds. The third-order valence-electron chi connectivity index (χ3n) is 3.51. The molecule has 0 saturated heterocycles. The second kappa shape index (κ2) is 25.2. The fourth-order valence-electron chi connectivity index (χ4n) is 1.97. The highest BCUT2D eigenvalue weighted by Crippen LogP contribution is 1.88. The van der Waals surface area contributed by atoms with E-state index in [0.717, 1.165) is 19.4 Å². The van der Waals surface area contributed by atoms with Gasteiger partial charge in [0.2, 0.25) is 5.91 Å². The lowest BCUT2D eigenvalue weighted by atomic mass is 10.4. The van der Waals surface area contributed by atoms with E-state index in [-0.39, 0.29) is 12.5 Å². The zero-order valence-electron chi connectivity index (χ0n) is 18.3. The second-order valence-corrected chi connectivity index (χ2v) is 6.01. The Hall–Kier alpha value is -0.810. The summed E-state index contributed by atoms with van der Waals surface area (Å²) >= 11 is 0. The van der Waals surface area contributed by atoms with E-state index in [1.807, 2.05) is 6.92 Å². The Morgan fingerprint density at radius 2 is 1.03 bits per heavy atom. The van der Waals surface area contributed by atoms with Crippen LogP contribution in [-0.2, 0) is 38.0 Å². The lowest BCUT2D eigenvalue weighted by Crippen LogP contribution is -2.31. The molecular formula is C20H41NO8. The van der Waals surface area contributed by atoms with Crippen molar-refractivity contribution >= 4 is 5.91 Å². The number of ether oxygens (including phenoxy) is 7. The molecule has 1 N–H and O–H groups in total. The van der Waals surface area contributed by atoms with E-state index in [2.05, 4.69) is 12.2 Å². The molecule has 9 heteroatoms. The molecule has 9 nitrogen and oxygen atoms in total. The molecule has 0 aromatic rings. The fourth-order valence-corrected chi connectivity index (χ4v) is 1.97. The molecule has 0 radical (unpaired) electrons. The minimum Gasteiger partial charge on any atom is -0.379 e. The van der Waals surface area contributed by atoms with E-state index >= 15 is 0 Å². The van der Waals surface area contributed by atoms with Crippen molar-refractivity contribution < 1.29 is 38.0 Å². The molecule has 174 valence electrons. The minimum atomic E-state index is -0.166. The van der Waals surface area contributed by atoms with Gasteiger partial charge in [0.05, 0.1) is 72.7 Å². The molecule has 0 aliphatic rings. The van der Waals surface area contributed by atoms with Crippen LogP contribution in [-0.4, -0.2) is 105 Å². The third-order valence-corrected chi connectivity index (χ3v) is 3.51. The lowest BCUT2D eigenvalue weighted by Gasteiger charge is -2.08. The van der Waals surface area contributed by atoms with Gasteiger partial charge in [-0.15, -0.1) is 0 Å². The third kappa shape index (κ3) is 25.2. The molecule has 0 heterocycles. The predicted molar refractivity (Wildman–Crippen MR) is 109 cm³/mol. The summed E-state index contributed by atoms with van der Waals surface area (Å²) in [6.07, 6.45) is 2.20. The average Bonchev–Trinajstić information content (AvgIpc) is 2.72. The Bertz CT molecular complexity index is 334. The first-order valence-corrected chi connectivity index (χ1v) is 10.6. The predicted octanol–water partition coefficient (Wildman–Crippen LogP) is 1.04. The molecule has 0 saturated carbocycles. The van der Waals surface area contributed by atoms with Crippen LogP contribution in [0, 0.1) is 0 Å². The van der Waals surface area contributed by atoms with Crippen molar-refractivity contribution in [1.82, 2.24) is 5.32 Å². The van der Waals surface area contributed by atoms with Gasteiger partial charge in [-0.25, -0.2) is 0 Å². The number of nitrogens with one attached hydrogen (secondary N) is 1. The van der Waals surface area contributed by atoms with Crippen LogP contribution < -0.4 is 5.32 Å². The highest BCUT2D eigenvalue weighted by atomic mass is 16.6. The number of hydrogen-bond acceptors (Lipinski definition) is 8. The number of carbonyl (C=O) groups excluding carboxylic acids is 1. The summed E-state index contributed by atoms with van der Waals surface area (Å²) < 4.78 is 37.2. The van der Waals surface area contributed by atoms with Crippen molar-refractivity contribution in [2.45, 2.75) is 26.7 Å². The minimum absolute atomic E-state index is 0.0130. The highest BCUT2D eigenvalue weighted by molar-refractivity contribution is 5.77. The standard InChI is InChI=1S/C20H41NO8/c1-3-5-7-24-11-12-25-8-6-21-20(22)19-29-18-17-28-16-15-27-14-13-26-10-9-23-4-2/h3-19H2,1-2H3,(H,21,22). The van der Waals surface area contributed by atoms with Crippen molar-refractivity contribution in [3.8, 4) is 0 Å². The normalized spacial score (nSPS) is 11.1. The molecule has 0 aliphatic carbocycles. The molecule has 0 aliphatic heterocycles. The Morgan fingerprint density at radius 3 is 1.55 bits per heavy atom. The maximum Gasteiger partial charge on any atom is 0.246 e. The van der Waals surface area contributed by atoms with Crippen LogP contribution in [0.2, 0.25) is 0 Å². The highest BCUT2D eigenvalue weighted by Gasteiger charge is 2.00. The van der Waals surface area contributed by atoms with Gasteiger partial charge in [0.1, 0.15) is 6.61 Å². The van der Waals surface area contributed by atoms with Gasteiger partial charge in [0.25, 0.3) is 0 Å². The smallest absolute Gasteiger partial charge is 0.246 e. The summed E-state index contributed by atoms with van der Waals surface area (Å²) in [7, 11) is 0. The Kier molecular flexibility index (Phi) is 24.5. The van der Waals surface area contributed by atoms with Crippen LogP contribution in [0.15, 0.2) is 0 Å². The molecule has 29 heavy (non-hydrogen) atoms. The van der Waals surface area contributed by atoms with Crippen molar-refractivity contribution in [2.75, 3.05) is 99.0 Å². The summed E-state index contributed by atoms with van der Waals surface area (Å²) in [6.45, 7) is 11.6. The maximum absolute atomic E-state index is 11.6. The molecule has 0 spiro atoms. The van der Waals surface area contributed by atoms with Gasteiger partial charge in [-0.2, -0.15) is 0 Å². The lowest BCUT2D eigenvalue weighted by molar-refractivity contribution is -0.126. The average molecular weight is 424 g/mol. The van der Waals surface area contributed by atoms with Gasteiger partial charge < -0.3 is 38.5 Å². The molecule has 0 aromatic carbocycles. The topological polar surface area (TPSA) is 93.7 Å². The second-order valence-electron chi connectivity index (χ2n) is 6.01. The van der Waals surface area contributed by atoms with Crippen LogP contribution in [0.5, 0.6) is 0 Å². The van der Waals surface area contributed by atoms with E-state index < -0.39 is 0 Å². The number of amides is 1. The quantitative estimate of drug-likeness (QED) is 0.230. The number of carbonyl (C=O) groups is 1. The maximum atomic E-state index is 11.6. The number of rotatable bonds is 24. The van der Waals surface area contributed by atoms with Gasteiger partial charge in [-0.05, 0) is 13.3 Å². The summed E-state index contributed by atoms with van der Waals surface area (Å²) in [6, 6.07) is 0. The van der Waals surface area contributed by atoms with Crippen molar-refractivity contribution in [2.24, 2.45) is 0 Å². The zero-order chi connectivity index (χ0) is 21.3. The van der Waals surface area contributed by atoms with Gasteiger partial charge in [-0.1, -0.05) is 13.3 Å². The van der Waals surface area contributed by atoms with Crippen LogP contribution in [0.25, 0.3) is 0 Å². The van der Waals surface area contributed by atoms with E-state index in [1.165, 1.54) is 0 Å². The molecule has 0 atom stereocenters. The number of unbranched alkanes of at least 4 members (excludes halogenated alkanes) is 1. The summed E-state index contributed by atoms with van der Waals surface area (Å²) in [4.78, 5) is 11.6. The van der Waals surface area contributed by atoms with Crippen LogP contribution in [0.3, 0.4) is 0 Å². The zero-order valence-corrected chi connectivity index (χ0v) is 18.3. The molecule has 0 bridgehead atoms. The van der Waals surface area contributed by atoms with Crippen LogP contribution in [0.1, 0.15) is 26.7 Å². The van der Waals surface area contributed by atoms with Crippen LogP contribution >= 0.6 is 0 Å². The van der Waals surface area contributed by atoms with E-state index in [1.54, 1.807) is 0 Å². The van der Waals surface area contributed by atoms with Gasteiger partial charge in [0.15, 0.2) is 0 Å². The van der Waals surface area contributed by atoms with E-state index in [9.17, 15) is 4.79 Å². The van der Waals surface area contributed by atoms with Crippen molar-refractivity contribution in [1.29, 1.82) is 0 Å². The Balaban J connectivity index is 3.13. The summed E-state index contributed by atoms with van der Waals surface area (Å²) in [5.74, 6) is -0.166. The first kappa shape index (κ1) is 28.2. The van der Waals surface area contributed by atoms with Gasteiger partial charge in [0, 0.05) is 19.8 Å². The van der Waals surface area contributed by atoms with Gasteiger partial charge >= 0.3 is 0 Å². The van der Waals surface area contributed by atoms with E-state index in [0.29, 0.717) is 85.8 Å². The molecule has 0 fully saturated rings. The van der Waals surface area contributed by atoms with Crippen molar-refractivity contribution in [3.05, 3.63) is 0 Å². The molecular weight excluding hydrogens is 382 g/mol.